The van der Waals surface area contributed by atoms with Crippen LogP contribution in [0.2, 0.25) is 10.0 Å². The number of hydrogen-bond donors (Lipinski definition) is 0. The molecule has 0 unspecified atom stereocenters. The van der Waals surface area contributed by atoms with Gasteiger partial charge in [-0.05, 0) is 19.1 Å². The van der Waals surface area contributed by atoms with E-state index in [9.17, 15) is 13.2 Å². The fraction of sp³-hybridized carbons (Fsp3) is 0.300. The standard InChI is InChI=1S/C10H10Cl2O5S/c1-3-16-10(13)6-4-7(11)9(8(12)5-6)17-18(2,14)15/h4-5H,3H2,1-2H3. The predicted molar refractivity (Wildman–Crippen MR) is 67.9 cm³/mol. The molecule has 0 fully saturated rings. The average Bonchev–Trinajstić information content (AvgIpc) is 2.22. The minimum Gasteiger partial charge on any atom is -0.462 e. The highest BCUT2D eigenvalue weighted by molar-refractivity contribution is 7.86. The summed E-state index contributed by atoms with van der Waals surface area (Å²) in [5.74, 6) is -0.818. The maximum absolute atomic E-state index is 11.4. The summed E-state index contributed by atoms with van der Waals surface area (Å²) < 4.78 is 31.4. The summed E-state index contributed by atoms with van der Waals surface area (Å²) in [6, 6.07) is 2.46. The fourth-order valence-corrected chi connectivity index (χ4v) is 2.26. The van der Waals surface area contributed by atoms with Gasteiger partial charge in [0.05, 0.1) is 28.5 Å². The normalized spacial score (nSPS) is 11.1. The van der Waals surface area contributed by atoms with Crippen LogP contribution in [0.3, 0.4) is 0 Å². The molecule has 5 nitrogen and oxygen atoms in total. The van der Waals surface area contributed by atoms with Gasteiger partial charge in [0.2, 0.25) is 0 Å². The number of hydrogen-bond acceptors (Lipinski definition) is 5. The molecular weight excluding hydrogens is 303 g/mol. The topological polar surface area (TPSA) is 69.7 Å². The minimum absolute atomic E-state index is 0.0871. The Kier molecular flexibility index (Phi) is 4.84. The molecule has 0 amide bonds. The Morgan fingerprint density at radius 3 is 2.17 bits per heavy atom. The van der Waals surface area contributed by atoms with Gasteiger partial charge in [-0.15, -0.1) is 0 Å². The van der Waals surface area contributed by atoms with E-state index in [1.807, 2.05) is 0 Å². The number of halogens is 2. The highest BCUT2D eigenvalue weighted by Crippen LogP contribution is 2.35. The van der Waals surface area contributed by atoms with Crippen molar-refractivity contribution in [1.82, 2.24) is 0 Å². The Labute approximate surface area is 115 Å². The molecule has 0 saturated heterocycles. The van der Waals surface area contributed by atoms with E-state index in [-0.39, 0.29) is 28.0 Å². The molecule has 0 radical (unpaired) electrons. The Bertz CT molecular complexity index is 545. The lowest BCUT2D eigenvalue weighted by molar-refractivity contribution is 0.0526. The van der Waals surface area contributed by atoms with Crippen LogP contribution in [0, 0.1) is 0 Å². The molecule has 100 valence electrons. The van der Waals surface area contributed by atoms with Crippen LogP contribution in [0.1, 0.15) is 17.3 Å². The van der Waals surface area contributed by atoms with Crippen LogP contribution in [-0.2, 0) is 14.9 Å². The maximum Gasteiger partial charge on any atom is 0.338 e. The molecule has 0 aliphatic rings. The molecule has 0 N–H and O–H groups in total. The summed E-state index contributed by atoms with van der Waals surface area (Å²) in [7, 11) is -3.75. The molecule has 0 aromatic heterocycles. The molecule has 0 aliphatic carbocycles. The lowest BCUT2D eigenvalue weighted by atomic mass is 10.2. The van der Waals surface area contributed by atoms with Gasteiger partial charge in [0.1, 0.15) is 0 Å². The van der Waals surface area contributed by atoms with Gasteiger partial charge in [-0.25, -0.2) is 4.79 Å². The van der Waals surface area contributed by atoms with Crippen molar-refractivity contribution >= 4 is 39.3 Å². The molecule has 0 bridgehead atoms. The largest absolute Gasteiger partial charge is 0.462 e. The van der Waals surface area contributed by atoms with Gasteiger partial charge in [0.15, 0.2) is 5.75 Å². The fourth-order valence-electron chi connectivity index (χ4n) is 1.12. The first-order valence-electron chi connectivity index (χ1n) is 4.80. The number of esters is 1. The zero-order valence-corrected chi connectivity index (χ0v) is 11.9. The second-order valence-corrected chi connectivity index (χ2v) is 5.67. The molecule has 0 heterocycles. The Hall–Kier alpha value is -0.980. The molecule has 1 aromatic carbocycles. The second-order valence-electron chi connectivity index (χ2n) is 3.28. The minimum atomic E-state index is -3.75. The van der Waals surface area contributed by atoms with Gasteiger partial charge in [0, 0.05) is 0 Å². The van der Waals surface area contributed by atoms with Gasteiger partial charge in [0.25, 0.3) is 0 Å². The summed E-state index contributed by atoms with van der Waals surface area (Å²) in [5, 5.41) is -0.174. The van der Waals surface area contributed by atoms with Crippen molar-refractivity contribution in [3.63, 3.8) is 0 Å². The first-order valence-corrected chi connectivity index (χ1v) is 7.37. The van der Waals surface area contributed by atoms with Gasteiger partial charge < -0.3 is 8.92 Å². The third-order valence-electron chi connectivity index (χ3n) is 1.74. The van der Waals surface area contributed by atoms with Crippen molar-refractivity contribution in [2.24, 2.45) is 0 Å². The molecular formula is C10H10Cl2O5S. The molecule has 1 rings (SSSR count). The summed E-state index contributed by atoms with van der Waals surface area (Å²) >= 11 is 11.6. The van der Waals surface area contributed by atoms with Crippen molar-refractivity contribution in [3.8, 4) is 5.75 Å². The molecule has 0 spiro atoms. The first-order chi connectivity index (χ1) is 8.24. The first kappa shape index (κ1) is 15.1. The summed E-state index contributed by atoms with van der Waals surface area (Å²) in [6.07, 6.45) is 0.860. The molecule has 18 heavy (non-hydrogen) atoms. The van der Waals surface area contributed by atoms with E-state index in [0.29, 0.717) is 0 Å². The summed E-state index contributed by atoms with van der Waals surface area (Å²) in [6.45, 7) is 1.86. The molecule has 0 aliphatic heterocycles. The van der Waals surface area contributed by atoms with Crippen LogP contribution < -0.4 is 4.18 Å². The number of carbonyl (C=O) groups is 1. The van der Waals surface area contributed by atoms with Crippen LogP contribution in [0.25, 0.3) is 0 Å². The Morgan fingerprint density at radius 2 is 1.78 bits per heavy atom. The van der Waals surface area contributed by atoms with Gasteiger partial charge >= 0.3 is 16.1 Å². The van der Waals surface area contributed by atoms with Crippen molar-refractivity contribution in [1.29, 1.82) is 0 Å². The number of benzene rings is 1. The second kappa shape index (κ2) is 5.77. The smallest absolute Gasteiger partial charge is 0.338 e. The predicted octanol–water partition coefficient (Wildman–Crippen LogP) is 2.51. The van der Waals surface area contributed by atoms with Crippen molar-refractivity contribution in [2.45, 2.75) is 6.92 Å². The molecule has 1 aromatic rings. The number of carbonyl (C=O) groups excluding carboxylic acids is 1. The van der Waals surface area contributed by atoms with Crippen LogP contribution in [0.15, 0.2) is 12.1 Å². The van der Waals surface area contributed by atoms with E-state index in [1.165, 1.54) is 12.1 Å². The monoisotopic (exact) mass is 312 g/mol. The van der Waals surface area contributed by atoms with E-state index in [0.717, 1.165) is 6.26 Å². The summed E-state index contributed by atoms with van der Waals surface area (Å²) in [5.41, 5.74) is 0.118. The van der Waals surface area contributed by atoms with E-state index >= 15 is 0 Å². The highest BCUT2D eigenvalue weighted by Gasteiger charge is 2.17. The summed E-state index contributed by atoms with van der Waals surface area (Å²) in [4.78, 5) is 11.4. The lowest BCUT2D eigenvalue weighted by Crippen LogP contribution is -2.08. The van der Waals surface area contributed by atoms with E-state index in [2.05, 4.69) is 4.18 Å². The van der Waals surface area contributed by atoms with E-state index < -0.39 is 16.1 Å². The Balaban J connectivity index is 3.16. The van der Waals surface area contributed by atoms with Crippen molar-refractivity contribution in [3.05, 3.63) is 27.7 Å². The van der Waals surface area contributed by atoms with Crippen LogP contribution in [0.5, 0.6) is 5.75 Å². The third kappa shape index (κ3) is 4.04. The van der Waals surface area contributed by atoms with Gasteiger partial charge in [-0.3, -0.25) is 0 Å². The Morgan fingerprint density at radius 1 is 1.28 bits per heavy atom. The van der Waals surface area contributed by atoms with Gasteiger partial charge in [-0.1, -0.05) is 23.2 Å². The number of rotatable bonds is 4. The van der Waals surface area contributed by atoms with Crippen LogP contribution >= 0.6 is 23.2 Å². The molecule has 0 saturated carbocycles. The molecule has 8 heteroatoms. The average molecular weight is 313 g/mol. The maximum atomic E-state index is 11.4. The zero-order valence-electron chi connectivity index (χ0n) is 9.57. The van der Waals surface area contributed by atoms with E-state index in [4.69, 9.17) is 27.9 Å². The van der Waals surface area contributed by atoms with Crippen LogP contribution in [-0.4, -0.2) is 27.2 Å². The van der Waals surface area contributed by atoms with E-state index in [1.54, 1.807) is 6.92 Å². The van der Waals surface area contributed by atoms with Crippen molar-refractivity contribution in [2.75, 3.05) is 12.9 Å². The third-order valence-corrected chi connectivity index (χ3v) is 2.78. The quantitative estimate of drug-likeness (QED) is 0.631. The number of ether oxygens (including phenoxy) is 1. The zero-order chi connectivity index (χ0) is 13.9. The molecule has 0 atom stereocenters. The SMILES string of the molecule is CCOC(=O)c1cc(Cl)c(OS(C)(=O)=O)c(Cl)c1. The van der Waals surface area contributed by atoms with Crippen molar-refractivity contribution < 1.29 is 22.1 Å². The van der Waals surface area contributed by atoms with Crippen LogP contribution in [0.4, 0.5) is 0 Å². The highest BCUT2D eigenvalue weighted by atomic mass is 35.5. The van der Waals surface area contributed by atoms with Gasteiger partial charge in [-0.2, -0.15) is 8.42 Å². The lowest BCUT2D eigenvalue weighted by Gasteiger charge is -2.09.